The Balaban J connectivity index is 2.24. The van der Waals surface area contributed by atoms with E-state index in [0.717, 1.165) is 0 Å². The van der Waals surface area contributed by atoms with Crippen molar-refractivity contribution >= 4 is 5.97 Å². The van der Waals surface area contributed by atoms with Crippen LogP contribution in [0, 0.1) is 11.7 Å². The number of carboxylic acids is 1. The molecule has 0 saturated heterocycles. The fraction of sp³-hybridized carbons (Fsp3) is 0.500. The van der Waals surface area contributed by atoms with E-state index in [2.05, 4.69) is 0 Å². The van der Waals surface area contributed by atoms with Crippen LogP contribution in [0.2, 0.25) is 0 Å². The van der Waals surface area contributed by atoms with Crippen molar-refractivity contribution in [3.8, 4) is 5.75 Å². The molecule has 2 N–H and O–H groups in total. The number of carbonyl (C=O) groups is 1. The second-order valence-corrected chi connectivity index (χ2v) is 4.99. The molecule has 0 spiro atoms. The molecule has 0 heterocycles. The average molecular weight is 268 g/mol. The molecule has 0 radical (unpaired) electrons. The molecular weight excluding hydrogens is 251 g/mol. The Morgan fingerprint density at radius 2 is 2.05 bits per heavy atom. The predicted octanol–water partition coefficient (Wildman–Crippen LogP) is 2.30. The van der Waals surface area contributed by atoms with Gasteiger partial charge in [-0.1, -0.05) is 0 Å². The third kappa shape index (κ3) is 2.71. The van der Waals surface area contributed by atoms with Gasteiger partial charge in [0.2, 0.25) is 0 Å². The van der Waals surface area contributed by atoms with Crippen molar-refractivity contribution in [2.75, 3.05) is 7.11 Å². The zero-order chi connectivity index (χ0) is 14.0. The molecule has 1 aliphatic carbocycles. The van der Waals surface area contributed by atoms with Gasteiger partial charge in [-0.2, -0.15) is 0 Å². The van der Waals surface area contributed by atoms with Gasteiger partial charge in [0.15, 0.2) is 0 Å². The number of aliphatic hydroxyl groups is 1. The van der Waals surface area contributed by atoms with E-state index in [0.29, 0.717) is 18.6 Å². The summed E-state index contributed by atoms with van der Waals surface area (Å²) in [5.74, 6) is -1.32. The van der Waals surface area contributed by atoms with Gasteiger partial charge in [-0.15, -0.1) is 0 Å². The number of methoxy groups -OCH3 is 1. The third-order valence-electron chi connectivity index (χ3n) is 3.84. The molecule has 4 nitrogen and oxygen atoms in total. The fourth-order valence-corrected chi connectivity index (χ4v) is 2.60. The Hall–Kier alpha value is -1.62. The fourth-order valence-electron chi connectivity index (χ4n) is 2.60. The number of benzene rings is 1. The molecular formula is C14H17FO4. The molecule has 5 heteroatoms. The standard InChI is InChI=1S/C14H17FO4/c1-19-10-2-3-12(15)11(8-10)14(18)6-4-9(5-7-14)13(16)17/h2-3,8-9,18H,4-7H2,1H3,(H,16,17). The maximum absolute atomic E-state index is 13.9. The van der Waals surface area contributed by atoms with E-state index >= 15 is 0 Å². The van der Waals surface area contributed by atoms with Crippen molar-refractivity contribution in [3.63, 3.8) is 0 Å². The zero-order valence-electron chi connectivity index (χ0n) is 10.7. The van der Waals surface area contributed by atoms with Gasteiger partial charge in [0.05, 0.1) is 18.6 Å². The lowest BCUT2D eigenvalue weighted by Crippen LogP contribution is -2.34. The quantitative estimate of drug-likeness (QED) is 0.882. The van der Waals surface area contributed by atoms with Gasteiger partial charge >= 0.3 is 5.97 Å². The Kier molecular flexibility index (Phi) is 3.75. The number of ether oxygens (including phenoxy) is 1. The summed E-state index contributed by atoms with van der Waals surface area (Å²) >= 11 is 0. The summed E-state index contributed by atoms with van der Waals surface area (Å²) in [5.41, 5.74) is -1.11. The van der Waals surface area contributed by atoms with Gasteiger partial charge in [0, 0.05) is 5.56 Å². The second-order valence-electron chi connectivity index (χ2n) is 4.99. The molecule has 2 rings (SSSR count). The van der Waals surface area contributed by atoms with Crippen LogP contribution in [0.1, 0.15) is 31.2 Å². The molecule has 0 aliphatic heterocycles. The largest absolute Gasteiger partial charge is 0.497 e. The summed E-state index contributed by atoms with van der Waals surface area (Å²) in [4.78, 5) is 10.9. The first kappa shape index (κ1) is 13.8. The minimum absolute atomic E-state index is 0.190. The summed E-state index contributed by atoms with van der Waals surface area (Å²) in [5, 5.41) is 19.5. The maximum Gasteiger partial charge on any atom is 0.306 e. The van der Waals surface area contributed by atoms with Gasteiger partial charge in [-0.25, -0.2) is 4.39 Å². The lowest BCUT2D eigenvalue weighted by Gasteiger charge is -2.35. The number of carboxylic acid groups (broad SMARTS) is 1. The molecule has 19 heavy (non-hydrogen) atoms. The first-order valence-electron chi connectivity index (χ1n) is 6.25. The van der Waals surface area contributed by atoms with Crippen molar-refractivity contribution in [1.82, 2.24) is 0 Å². The highest BCUT2D eigenvalue weighted by molar-refractivity contribution is 5.70. The van der Waals surface area contributed by atoms with E-state index < -0.39 is 23.3 Å². The zero-order valence-corrected chi connectivity index (χ0v) is 10.7. The predicted molar refractivity (Wildman–Crippen MR) is 66.4 cm³/mol. The molecule has 104 valence electrons. The van der Waals surface area contributed by atoms with Crippen LogP contribution in [0.5, 0.6) is 5.75 Å². The van der Waals surface area contributed by atoms with Gasteiger partial charge in [-0.3, -0.25) is 4.79 Å². The number of rotatable bonds is 3. The van der Waals surface area contributed by atoms with Crippen LogP contribution in [0.25, 0.3) is 0 Å². The number of halogens is 1. The Morgan fingerprint density at radius 1 is 1.42 bits per heavy atom. The second kappa shape index (κ2) is 5.17. The van der Waals surface area contributed by atoms with Crippen LogP contribution in [0.4, 0.5) is 4.39 Å². The summed E-state index contributed by atoms with van der Waals surface area (Å²) < 4.78 is 18.9. The molecule has 0 bridgehead atoms. The normalized spacial score (nSPS) is 27.0. The molecule has 1 saturated carbocycles. The number of hydrogen-bond donors (Lipinski definition) is 2. The molecule has 0 atom stereocenters. The summed E-state index contributed by atoms with van der Waals surface area (Å²) in [7, 11) is 1.47. The summed E-state index contributed by atoms with van der Waals surface area (Å²) in [6, 6.07) is 4.23. The van der Waals surface area contributed by atoms with Gasteiger partial charge in [0.25, 0.3) is 0 Å². The molecule has 1 aliphatic rings. The summed E-state index contributed by atoms with van der Waals surface area (Å²) in [6.45, 7) is 0. The van der Waals surface area contributed by atoms with Crippen LogP contribution in [-0.4, -0.2) is 23.3 Å². The van der Waals surface area contributed by atoms with Crippen molar-refractivity contribution in [1.29, 1.82) is 0 Å². The van der Waals surface area contributed by atoms with Crippen LogP contribution >= 0.6 is 0 Å². The van der Waals surface area contributed by atoms with Crippen molar-refractivity contribution in [2.24, 2.45) is 5.92 Å². The van der Waals surface area contributed by atoms with Crippen LogP contribution in [0.3, 0.4) is 0 Å². The molecule has 0 aromatic heterocycles. The smallest absolute Gasteiger partial charge is 0.306 e. The van der Waals surface area contributed by atoms with Gasteiger partial charge in [0.1, 0.15) is 11.6 Å². The van der Waals surface area contributed by atoms with Crippen LogP contribution in [-0.2, 0) is 10.4 Å². The molecule has 1 aromatic rings. The van der Waals surface area contributed by atoms with E-state index in [1.165, 1.54) is 25.3 Å². The highest BCUT2D eigenvalue weighted by Gasteiger charge is 2.38. The van der Waals surface area contributed by atoms with Gasteiger partial charge in [-0.05, 0) is 43.9 Å². The summed E-state index contributed by atoms with van der Waals surface area (Å²) in [6.07, 6.45) is 1.19. The highest BCUT2D eigenvalue weighted by Crippen LogP contribution is 2.41. The first-order valence-corrected chi connectivity index (χ1v) is 6.25. The maximum atomic E-state index is 13.9. The van der Waals surface area contributed by atoms with Crippen LogP contribution < -0.4 is 4.74 Å². The Morgan fingerprint density at radius 3 is 2.58 bits per heavy atom. The molecule has 1 fully saturated rings. The van der Waals surface area contributed by atoms with Crippen LogP contribution in [0.15, 0.2) is 18.2 Å². The average Bonchev–Trinajstić information content (AvgIpc) is 2.39. The minimum Gasteiger partial charge on any atom is -0.497 e. The van der Waals surface area contributed by atoms with Gasteiger partial charge < -0.3 is 14.9 Å². The third-order valence-corrected chi connectivity index (χ3v) is 3.84. The topological polar surface area (TPSA) is 66.8 Å². The number of aliphatic carboxylic acids is 1. The van der Waals surface area contributed by atoms with E-state index in [1.54, 1.807) is 0 Å². The Bertz CT molecular complexity index is 478. The molecule has 0 unspecified atom stereocenters. The van der Waals surface area contributed by atoms with E-state index in [1.807, 2.05) is 0 Å². The number of hydrogen-bond acceptors (Lipinski definition) is 3. The van der Waals surface area contributed by atoms with E-state index in [-0.39, 0.29) is 18.4 Å². The first-order chi connectivity index (χ1) is 8.96. The monoisotopic (exact) mass is 268 g/mol. The SMILES string of the molecule is COc1ccc(F)c(C2(O)CCC(C(=O)O)CC2)c1. The van der Waals surface area contributed by atoms with Crippen molar-refractivity contribution in [2.45, 2.75) is 31.3 Å². The van der Waals surface area contributed by atoms with E-state index in [9.17, 15) is 14.3 Å². The molecule has 0 amide bonds. The minimum atomic E-state index is -1.30. The lowest BCUT2D eigenvalue weighted by atomic mass is 9.75. The highest BCUT2D eigenvalue weighted by atomic mass is 19.1. The van der Waals surface area contributed by atoms with E-state index in [4.69, 9.17) is 9.84 Å². The lowest BCUT2D eigenvalue weighted by molar-refractivity contribution is -0.145. The van der Waals surface area contributed by atoms with Crippen molar-refractivity contribution in [3.05, 3.63) is 29.6 Å². The Labute approximate surface area is 110 Å². The van der Waals surface area contributed by atoms with Crippen molar-refractivity contribution < 1.29 is 24.1 Å². The molecule has 1 aromatic carbocycles.